The van der Waals surface area contributed by atoms with Gasteiger partial charge in [0, 0.05) is 24.1 Å². The molecule has 1 rings (SSSR count). The Labute approximate surface area is 109 Å². The minimum Gasteiger partial charge on any atom is -0.508 e. The topological polar surface area (TPSA) is 144 Å². The van der Waals surface area contributed by atoms with Gasteiger partial charge in [0.05, 0.1) is 0 Å². The number of aromatic hydroxyl groups is 2. The summed E-state index contributed by atoms with van der Waals surface area (Å²) in [5, 5.41) is 25.1. The molecular weight excluding hydrogens is 250 g/mol. The third-order valence-corrected chi connectivity index (χ3v) is 2.73. The molecule has 0 saturated carbocycles. The molecular formula is C11H15N5O3. The van der Waals surface area contributed by atoms with Crippen LogP contribution in [0.4, 0.5) is 0 Å². The van der Waals surface area contributed by atoms with Crippen LogP contribution in [0.1, 0.15) is 12.5 Å². The molecule has 8 heteroatoms. The summed E-state index contributed by atoms with van der Waals surface area (Å²) in [6.45, 7) is 1.88. The van der Waals surface area contributed by atoms with Crippen molar-refractivity contribution < 1.29 is 15.0 Å². The molecule has 1 atom stereocenters. The number of amides is 1. The van der Waals surface area contributed by atoms with E-state index < -0.39 is 11.4 Å². The molecule has 0 fully saturated rings. The van der Waals surface area contributed by atoms with Gasteiger partial charge in [-0.3, -0.25) is 10.1 Å². The van der Waals surface area contributed by atoms with Crippen molar-refractivity contribution in [2.45, 2.75) is 12.5 Å². The highest BCUT2D eigenvalue weighted by atomic mass is 16.3. The fourth-order valence-electron chi connectivity index (χ4n) is 1.62. The summed E-state index contributed by atoms with van der Waals surface area (Å²) in [6, 6.07) is 3.79. The number of nitrogens with two attached hydrogens (primary N) is 1. The van der Waals surface area contributed by atoms with Crippen molar-refractivity contribution in [2.75, 3.05) is 13.1 Å². The maximum atomic E-state index is 11.6. The average molecular weight is 265 g/mol. The zero-order valence-corrected chi connectivity index (χ0v) is 10.4. The summed E-state index contributed by atoms with van der Waals surface area (Å²) in [7, 11) is 0. The van der Waals surface area contributed by atoms with E-state index >= 15 is 0 Å². The Balaban J connectivity index is 3.03. The van der Waals surface area contributed by atoms with Gasteiger partial charge in [-0.1, -0.05) is 5.11 Å². The number of nitrogens with zero attached hydrogens (tertiary/aromatic N) is 3. The Morgan fingerprint density at radius 3 is 2.53 bits per heavy atom. The second-order valence-corrected chi connectivity index (χ2v) is 4.11. The van der Waals surface area contributed by atoms with Crippen LogP contribution in [0.5, 0.6) is 11.5 Å². The summed E-state index contributed by atoms with van der Waals surface area (Å²) in [4.78, 5) is 14.2. The van der Waals surface area contributed by atoms with Gasteiger partial charge in [0.25, 0.3) is 0 Å². The highest BCUT2D eigenvalue weighted by Gasteiger charge is 2.33. The molecule has 0 heterocycles. The number of nitrogens with one attached hydrogen (secondary N) is 1. The van der Waals surface area contributed by atoms with E-state index in [1.807, 2.05) is 0 Å². The van der Waals surface area contributed by atoms with Crippen molar-refractivity contribution in [1.82, 2.24) is 5.32 Å². The molecule has 19 heavy (non-hydrogen) atoms. The summed E-state index contributed by atoms with van der Waals surface area (Å²) in [5.41, 5.74) is 12.5. The van der Waals surface area contributed by atoms with E-state index in [0.29, 0.717) is 5.56 Å². The number of benzene rings is 1. The third kappa shape index (κ3) is 3.51. The largest absolute Gasteiger partial charge is 0.508 e. The van der Waals surface area contributed by atoms with Crippen molar-refractivity contribution in [3.63, 3.8) is 0 Å². The number of phenolic OH excluding ortho intramolecular Hbond substituents is 2. The van der Waals surface area contributed by atoms with Gasteiger partial charge in [0.2, 0.25) is 5.91 Å². The van der Waals surface area contributed by atoms with Crippen molar-refractivity contribution >= 4 is 5.91 Å². The molecule has 0 aromatic heterocycles. The van der Waals surface area contributed by atoms with Crippen molar-refractivity contribution in [3.8, 4) is 11.5 Å². The van der Waals surface area contributed by atoms with Gasteiger partial charge in [-0.2, -0.15) is 0 Å². The van der Waals surface area contributed by atoms with Crippen LogP contribution in [-0.4, -0.2) is 29.2 Å². The number of carbonyl (C=O) groups is 1. The smallest absolute Gasteiger partial charge is 0.242 e. The number of phenols is 2. The third-order valence-electron chi connectivity index (χ3n) is 2.73. The van der Waals surface area contributed by atoms with Crippen LogP contribution in [0.15, 0.2) is 23.3 Å². The molecule has 0 saturated heterocycles. The number of hydrogen-bond donors (Lipinski definition) is 4. The minimum absolute atomic E-state index is 0.143. The maximum Gasteiger partial charge on any atom is 0.242 e. The van der Waals surface area contributed by atoms with Gasteiger partial charge in [0.1, 0.15) is 17.0 Å². The fraction of sp³-hybridized carbons (Fsp3) is 0.364. The Kier molecular flexibility index (Phi) is 4.57. The zero-order chi connectivity index (χ0) is 14.5. The number of rotatable bonds is 6. The lowest BCUT2D eigenvalue weighted by Gasteiger charge is -2.28. The molecule has 0 spiro atoms. The SMILES string of the molecule is CC(NCCN=[N+]=[N-])(C(N)=O)c1cc(O)cc(O)c1. The summed E-state index contributed by atoms with van der Waals surface area (Å²) in [5.74, 6) is -1.04. The molecule has 0 aliphatic rings. The zero-order valence-electron chi connectivity index (χ0n) is 10.4. The predicted octanol–water partition coefficient (Wildman–Crippen LogP) is 0.698. The van der Waals surface area contributed by atoms with E-state index in [1.165, 1.54) is 19.1 Å². The van der Waals surface area contributed by atoms with Gasteiger partial charge in [-0.25, -0.2) is 0 Å². The summed E-state index contributed by atoms with van der Waals surface area (Å²) >= 11 is 0. The van der Waals surface area contributed by atoms with Crippen LogP contribution < -0.4 is 11.1 Å². The lowest BCUT2D eigenvalue weighted by atomic mass is 9.90. The second-order valence-electron chi connectivity index (χ2n) is 4.11. The Bertz CT molecular complexity index is 507. The van der Waals surface area contributed by atoms with Gasteiger partial charge in [-0.15, -0.1) is 0 Å². The average Bonchev–Trinajstić information content (AvgIpc) is 2.33. The van der Waals surface area contributed by atoms with Crippen molar-refractivity contribution in [2.24, 2.45) is 10.8 Å². The summed E-state index contributed by atoms with van der Waals surface area (Å²) < 4.78 is 0. The van der Waals surface area contributed by atoms with E-state index in [4.69, 9.17) is 11.3 Å². The van der Waals surface area contributed by atoms with E-state index in [2.05, 4.69) is 15.3 Å². The van der Waals surface area contributed by atoms with Crippen molar-refractivity contribution in [1.29, 1.82) is 0 Å². The van der Waals surface area contributed by atoms with Crippen LogP contribution in [0.3, 0.4) is 0 Å². The van der Waals surface area contributed by atoms with Gasteiger partial charge in [-0.05, 0) is 30.2 Å². The van der Waals surface area contributed by atoms with Crippen LogP contribution in [-0.2, 0) is 10.3 Å². The lowest BCUT2D eigenvalue weighted by Crippen LogP contribution is -2.51. The first kappa shape index (κ1) is 14.6. The van der Waals surface area contributed by atoms with Gasteiger partial charge in [0.15, 0.2) is 0 Å². The quantitative estimate of drug-likeness (QED) is 0.259. The standard InChI is InChI=1S/C11H15N5O3/c1-11(10(12)19,14-2-3-15-16-13)7-4-8(17)6-9(18)5-7/h4-6,14,17-18H,2-3H2,1H3,(H2,12,19). The van der Waals surface area contributed by atoms with Gasteiger partial charge < -0.3 is 15.9 Å². The Hall–Kier alpha value is -2.44. The molecule has 0 radical (unpaired) electrons. The molecule has 8 nitrogen and oxygen atoms in total. The molecule has 1 amide bonds. The predicted molar refractivity (Wildman–Crippen MR) is 68.3 cm³/mol. The molecule has 0 aliphatic heterocycles. The maximum absolute atomic E-state index is 11.6. The van der Waals surface area contributed by atoms with E-state index in [9.17, 15) is 15.0 Å². The number of carbonyl (C=O) groups excluding carboxylic acids is 1. The van der Waals surface area contributed by atoms with Crippen LogP contribution in [0, 0.1) is 0 Å². The first-order valence-corrected chi connectivity index (χ1v) is 5.49. The molecule has 102 valence electrons. The van der Waals surface area contributed by atoms with Crippen LogP contribution in [0.2, 0.25) is 0 Å². The number of hydrogen-bond acceptors (Lipinski definition) is 5. The highest BCUT2D eigenvalue weighted by molar-refractivity contribution is 5.86. The Morgan fingerprint density at radius 2 is 2.05 bits per heavy atom. The monoisotopic (exact) mass is 265 g/mol. The first-order valence-electron chi connectivity index (χ1n) is 5.49. The molecule has 5 N–H and O–H groups in total. The van der Waals surface area contributed by atoms with Gasteiger partial charge >= 0.3 is 0 Å². The first-order chi connectivity index (χ1) is 8.90. The number of primary amides is 1. The normalized spacial score (nSPS) is 13.3. The van der Waals surface area contributed by atoms with E-state index in [-0.39, 0.29) is 24.6 Å². The summed E-state index contributed by atoms with van der Waals surface area (Å²) in [6.07, 6.45) is 0. The van der Waals surface area contributed by atoms with E-state index in [0.717, 1.165) is 6.07 Å². The van der Waals surface area contributed by atoms with E-state index in [1.54, 1.807) is 0 Å². The lowest BCUT2D eigenvalue weighted by molar-refractivity contribution is -0.124. The molecule has 1 aromatic carbocycles. The molecule has 0 bridgehead atoms. The minimum atomic E-state index is -1.29. The fourth-order valence-corrected chi connectivity index (χ4v) is 1.62. The molecule has 1 unspecified atom stereocenters. The highest BCUT2D eigenvalue weighted by Crippen LogP contribution is 2.28. The molecule has 1 aromatic rings. The Morgan fingerprint density at radius 1 is 1.47 bits per heavy atom. The molecule has 0 aliphatic carbocycles. The van der Waals surface area contributed by atoms with Crippen LogP contribution >= 0.6 is 0 Å². The second kappa shape index (κ2) is 5.94. The van der Waals surface area contributed by atoms with Crippen molar-refractivity contribution in [3.05, 3.63) is 34.2 Å². The van der Waals surface area contributed by atoms with Crippen LogP contribution in [0.25, 0.3) is 10.4 Å². The number of azide groups is 1.